The first kappa shape index (κ1) is 9.24. The van der Waals surface area contributed by atoms with E-state index >= 15 is 0 Å². The normalized spacial score (nSPS) is 9.69. The number of benzene rings is 1. The van der Waals surface area contributed by atoms with E-state index < -0.39 is 22.2 Å². The summed E-state index contributed by atoms with van der Waals surface area (Å²) >= 11 is 0. The van der Waals surface area contributed by atoms with Crippen molar-refractivity contribution in [2.24, 2.45) is 0 Å². The van der Waals surface area contributed by atoms with Gasteiger partial charge >= 0.3 is 5.69 Å². The first-order chi connectivity index (χ1) is 6.07. The number of hydrogen-bond acceptors (Lipinski definition) is 4. The Morgan fingerprint density at radius 2 is 2.38 bits per heavy atom. The van der Waals surface area contributed by atoms with Gasteiger partial charge in [-0.1, -0.05) is 0 Å². The molecule has 0 saturated carbocycles. The Morgan fingerprint density at radius 3 is 2.85 bits per heavy atom. The number of methoxy groups -OCH3 is 1. The molecule has 0 fully saturated rings. The minimum absolute atomic E-state index is 0.256. The highest BCUT2D eigenvalue weighted by Crippen LogP contribution is 2.36. The highest BCUT2D eigenvalue weighted by atomic mass is 19.1. The smallest absolute Gasteiger partial charge is 0.349 e. The summed E-state index contributed by atoms with van der Waals surface area (Å²) in [6.07, 6.45) is 0. The number of aromatic hydroxyl groups is 1. The van der Waals surface area contributed by atoms with Gasteiger partial charge in [-0.2, -0.15) is 4.39 Å². The Hall–Kier alpha value is -1.85. The number of nitro groups is 1. The molecule has 0 amide bonds. The Kier molecular flexibility index (Phi) is 2.32. The third-order valence-corrected chi connectivity index (χ3v) is 1.38. The number of rotatable bonds is 2. The monoisotopic (exact) mass is 186 g/mol. The molecule has 0 aliphatic carbocycles. The van der Waals surface area contributed by atoms with E-state index in [1.807, 2.05) is 0 Å². The highest BCUT2D eigenvalue weighted by Gasteiger charge is 2.23. The number of phenolic OH excluding ortho intramolecular Hbond substituents is 1. The molecule has 0 aromatic heterocycles. The fraction of sp³-hybridized carbons (Fsp3) is 0.143. The van der Waals surface area contributed by atoms with Crippen LogP contribution in [0.4, 0.5) is 10.1 Å². The summed E-state index contributed by atoms with van der Waals surface area (Å²) in [4.78, 5) is 9.22. The molecule has 1 aromatic rings. The minimum Gasteiger partial charge on any atom is -0.499 e. The van der Waals surface area contributed by atoms with Gasteiger partial charge in [0.05, 0.1) is 12.0 Å². The van der Waals surface area contributed by atoms with Gasteiger partial charge in [0.25, 0.3) is 0 Å². The van der Waals surface area contributed by atoms with Gasteiger partial charge in [-0.3, -0.25) is 10.1 Å². The molecule has 69 valence electrons. The van der Waals surface area contributed by atoms with E-state index in [0.29, 0.717) is 0 Å². The van der Waals surface area contributed by atoms with Crippen LogP contribution in [0.5, 0.6) is 11.5 Å². The quantitative estimate of drug-likeness (QED) is 0.557. The molecule has 1 N–H and O–H groups in total. The van der Waals surface area contributed by atoms with Crippen LogP contribution in [0.3, 0.4) is 0 Å². The number of ether oxygens (including phenoxy) is 1. The number of phenols is 1. The van der Waals surface area contributed by atoms with Crippen molar-refractivity contribution < 1.29 is 19.2 Å². The van der Waals surface area contributed by atoms with Crippen LogP contribution in [0, 0.1) is 22.0 Å². The lowest BCUT2D eigenvalue weighted by atomic mass is 10.2. The lowest BCUT2D eigenvalue weighted by Crippen LogP contribution is -1.95. The first-order valence-electron chi connectivity index (χ1n) is 3.19. The maximum absolute atomic E-state index is 12.7. The van der Waals surface area contributed by atoms with Crippen molar-refractivity contribution in [1.29, 1.82) is 0 Å². The maximum atomic E-state index is 12.7. The average molecular weight is 186 g/mol. The molecule has 13 heavy (non-hydrogen) atoms. The van der Waals surface area contributed by atoms with Crippen LogP contribution in [-0.2, 0) is 0 Å². The van der Waals surface area contributed by atoms with Crippen LogP contribution in [0.1, 0.15) is 0 Å². The van der Waals surface area contributed by atoms with Crippen molar-refractivity contribution in [2.45, 2.75) is 0 Å². The van der Waals surface area contributed by atoms with E-state index in [-0.39, 0.29) is 5.75 Å². The van der Waals surface area contributed by atoms with Gasteiger partial charge in [-0.05, 0) is 6.07 Å². The molecule has 0 spiro atoms. The largest absolute Gasteiger partial charge is 0.499 e. The minimum atomic E-state index is -1.15. The van der Waals surface area contributed by atoms with Gasteiger partial charge in [0.1, 0.15) is 0 Å². The van der Waals surface area contributed by atoms with E-state index in [1.165, 1.54) is 7.11 Å². The molecule has 6 heteroatoms. The van der Waals surface area contributed by atoms with Crippen LogP contribution in [0.15, 0.2) is 6.07 Å². The topological polar surface area (TPSA) is 72.6 Å². The molecular formula is C7H5FNO4. The van der Waals surface area contributed by atoms with Gasteiger partial charge in [-0.25, -0.2) is 0 Å². The molecule has 0 heterocycles. The molecule has 0 aliphatic heterocycles. The highest BCUT2D eigenvalue weighted by molar-refractivity contribution is 5.54. The van der Waals surface area contributed by atoms with Crippen molar-refractivity contribution in [2.75, 3.05) is 7.11 Å². The van der Waals surface area contributed by atoms with Crippen molar-refractivity contribution in [3.8, 4) is 11.5 Å². The molecule has 1 aromatic carbocycles. The molecule has 0 aliphatic rings. The lowest BCUT2D eigenvalue weighted by molar-refractivity contribution is -0.388. The van der Waals surface area contributed by atoms with E-state index in [0.717, 1.165) is 6.07 Å². The molecule has 1 rings (SSSR count). The maximum Gasteiger partial charge on any atom is 0.349 e. The Morgan fingerprint density at radius 1 is 1.77 bits per heavy atom. The van der Waals surface area contributed by atoms with Gasteiger partial charge < -0.3 is 9.84 Å². The number of nitro benzene ring substituents is 1. The zero-order valence-corrected chi connectivity index (χ0v) is 6.57. The SMILES string of the molecule is COc1[c]cc(F)c([N+](=O)[O-])c1O. The molecule has 0 atom stereocenters. The number of hydrogen-bond donors (Lipinski definition) is 1. The van der Waals surface area contributed by atoms with Crippen molar-refractivity contribution >= 4 is 5.69 Å². The second-order valence-electron chi connectivity index (χ2n) is 2.12. The summed E-state index contributed by atoms with van der Waals surface area (Å²) in [5.41, 5.74) is -1.00. The van der Waals surface area contributed by atoms with E-state index in [4.69, 9.17) is 5.11 Å². The van der Waals surface area contributed by atoms with Gasteiger partial charge in [0, 0.05) is 6.07 Å². The van der Waals surface area contributed by atoms with Gasteiger partial charge in [0.2, 0.25) is 11.6 Å². The second kappa shape index (κ2) is 3.26. The predicted molar refractivity (Wildman–Crippen MR) is 40.1 cm³/mol. The molecule has 0 bridgehead atoms. The standard InChI is InChI=1S/C7H5FNO4/c1-13-5-3-2-4(8)6(7(5)10)9(11)12/h2,10H,1H3. The molecular weight excluding hydrogens is 181 g/mol. The molecule has 0 saturated heterocycles. The van der Waals surface area contributed by atoms with Crippen LogP contribution in [0.2, 0.25) is 0 Å². The average Bonchev–Trinajstić information content (AvgIpc) is 2.04. The van der Waals surface area contributed by atoms with Crippen LogP contribution in [-0.4, -0.2) is 17.1 Å². The van der Waals surface area contributed by atoms with Crippen LogP contribution < -0.4 is 4.74 Å². The summed E-state index contributed by atoms with van der Waals surface area (Å²) in [7, 11) is 1.19. The second-order valence-corrected chi connectivity index (χ2v) is 2.12. The number of nitrogens with zero attached hydrogens (tertiary/aromatic N) is 1. The fourth-order valence-corrected chi connectivity index (χ4v) is 0.816. The predicted octanol–water partition coefficient (Wildman–Crippen LogP) is 1.25. The molecule has 5 nitrogen and oxygen atoms in total. The van der Waals surface area contributed by atoms with E-state index in [1.54, 1.807) is 0 Å². The summed E-state index contributed by atoms with van der Waals surface area (Å²) in [5.74, 6) is -2.26. The Balaban J connectivity index is 3.38. The summed E-state index contributed by atoms with van der Waals surface area (Å²) in [5, 5.41) is 19.3. The third-order valence-electron chi connectivity index (χ3n) is 1.38. The number of halogens is 1. The van der Waals surface area contributed by atoms with Crippen LogP contribution >= 0.6 is 0 Å². The summed E-state index contributed by atoms with van der Waals surface area (Å²) in [6.45, 7) is 0. The zero-order valence-electron chi connectivity index (χ0n) is 6.57. The first-order valence-corrected chi connectivity index (χ1v) is 3.19. The van der Waals surface area contributed by atoms with Gasteiger partial charge in [0.15, 0.2) is 5.75 Å². The Bertz CT molecular complexity index is 353. The van der Waals surface area contributed by atoms with Crippen molar-refractivity contribution in [3.05, 3.63) is 28.1 Å². The lowest BCUT2D eigenvalue weighted by Gasteiger charge is -2.02. The van der Waals surface area contributed by atoms with E-state index in [2.05, 4.69) is 10.8 Å². The summed E-state index contributed by atoms with van der Waals surface area (Å²) in [6, 6.07) is 2.93. The van der Waals surface area contributed by atoms with Crippen LogP contribution in [0.25, 0.3) is 0 Å². The molecule has 0 unspecified atom stereocenters. The third kappa shape index (κ3) is 1.51. The summed E-state index contributed by atoms with van der Waals surface area (Å²) < 4.78 is 17.2. The van der Waals surface area contributed by atoms with Gasteiger partial charge in [-0.15, -0.1) is 0 Å². The Labute approximate surface area is 72.5 Å². The molecule has 1 radical (unpaired) electrons. The van der Waals surface area contributed by atoms with Crippen molar-refractivity contribution in [3.63, 3.8) is 0 Å². The fourth-order valence-electron chi connectivity index (χ4n) is 0.816. The zero-order chi connectivity index (χ0) is 10.0. The van der Waals surface area contributed by atoms with Crippen molar-refractivity contribution in [1.82, 2.24) is 0 Å². The van der Waals surface area contributed by atoms with E-state index in [9.17, 15) is 14.5 Å².